The predicted octanol–water partition coefficient (Wildman–Crippen LogP) is -6.12. The lowest BCUT2D eigenvalue weighted by Crippen LogP contribution is -2.60. The van der Waals surface area contributed by atoms with Gasteiger partial charge in [-0.05, 0) is 128 Å². The van der Waals surface area contributed by atoms with Crippen molar-refractivity contribution in [2.24, 2.45) is 34.6 Å². The monoisotopic (exact) mass is 1790 g/mol. The van der Waals surface area contributed by atoms with Gasteiger partial charge in [0.25, 0.3) is 0 Å². The van der Waals surface area contributed by atoms with E-state index in [2.05, 4.69) is 108 Å². The molecule has 694 valence electrons. The average Bonchev–Trinajstić information content (AvgIpc) is 1.59. The number of guanidine groups is 3. The Kier molecular flexibility index (Phi) is 49.6. The number of benzene rings is 1. The predicted molar refractivity (Wildman–Crippen MR) is 440 cm³/mol. The molecule has 1 aromatic heterocycles. The second-order valence-electron chi connectivity index (χ2n) is 29.0. The van der Waals surface area contributed by atoms with Crippen LogP contribution in [-0.2, 0) is 89.6 Å². The van der Waals surface area contributed by atoms with Crippen LogP contribution in [0.1, 0.15) is 142 Å². The highest BCUT2D eigenvalue weighted by Crippen LogP contribution is 2.18. The number of H-pyrrole nitrogens is 1. The molecule has 0 unspecified atom stereocenters. The van der Waals surface area contributed by atoms with Crippen LogP contribution in [0.2, 0.25) is 0 Å². The van der Waals surface area contributed by atoms with Gasteiger partial charge < -0.3 is 129 Å². The van der Waals surface area contributed by atoms with E-state index in [1.807, 2.05) is 0 Å². The second kappa shape index (κ2) is 57.1. The molecule has 0 bridgehead atoms. The van der Waals surface area contributed by atoms with Crippen LogP contribution in [0.4, 0.5) is 26.3 Å². The number of aromatic amines is 1. The minimum absolute atomic E-state index is 0.00714. The topological polar surface area (TPSA) is 720 Å². The fraction of sp³-hybridized carbons (Fsp3) is 0.616. The number of nitrogens with zero attached hydrogens (tertiary/aromatic N) is 1. The van der Waals surface area contributed by atoms with Crippen molar-refractivity contribution in [3.05, 3.63) is 54.1 Å². The molecule has 0 fully saturated rings. The standard InChI is InChI=1S/C73H118F6N28O16S/c1-39(2)31-50(99-55(110)36-94-58(113)44(98-41(4)108)19-8-11-25-80)65(120)103-47(22-14-28-91-69(82)83)61(116)101-46(21-10-13-27-90-68(123)73(77,78)79)62(117)105-51(32-42-17-6-5-7-18-42)59(114)95-35-54(109)97-40(3)57(112)100-45(20-9-12-26-89-67(122)72(74,75)76)60(115)102-48(23-15-29-92-70(84)85)63(118)106-52(33-43-34-88-38-96-43)66(121)104-49(24-16-30-93-71(86)87)64(119)107-53(37-124)56(81)111/h5-7,17-18,34,38-40,44-53,124H,8-16,19-33,35-37,80H2,1-4H3,(H2,81,111)(H,88,96)(H,89,122)(H,90,123)(H,94,113)(H,95,114)(H,97,109)(H,98,108)(H,99,110)(H,100,112)(H,101,116)(H,102,115)(H,103,120)(H,104,121)(H,105,117)(H,106,118)(H,107,119)(H4,82,83,91)(H4,84,85,92)(H4,86,87,93)/t40-,44-,45-,46-,47-,48-,49-,50-,51-,52-,53-/m0/s1. The lowest BCUT2D eigenvalue weighted by Gasteiger charge is -2.27. The molecule has 0 aliphatic carbocycles. The highest BCUT2D eigenvalue weighted by Gasteiger charge is 2.41. The summed E-state index contributed by atoms with van der Waals surface area (Å²) in [6.07, 6.45) is -10.1. The van der Waals surface area contributed by atoms with Gasteiger partial charge in [-0.1, -0.05) is 44.2 Å². The number of carbonyl (C=O) groups is 16. The van der Waals surface area contributed by atoms with Crippen molar-refractivity contribution in [3.8, 4) is 0 Å². The number of amides is 16. The van der Waals surface area contributed by atoms with Gasteiger partial charge in [0.15, 0.2) is 17.9 Å². The molecule has 0 aliphatic rings. The largest absolute Gasteiger partial charge is 0.471 e. The number of halogens is 6. The fourth-order valence-electron chi connectivity index (χ4n) is 11.7. The quantitative estimate of drug-likeness (QED) is 0.00963. The zero-order chi connectivity index (χ0) is 93.2. The van der Waals surface area contributed by atoms with Crippen molar-refractivity contribution in [2.75, 3.05) is 58.1 Å². The number of nitrogens with two attached hydrogens (primary N) is 5. The summed E-state index contributed by atoms with van der Waals surface area (Å²) in [6.45, 7) is 3.11. The van der Waals surface area contributed by atoms with Gasteiger partial charge in [0.2, 0.25) is 82.7 Å². The van der Waals surface area contributed by atoms with Crippen molar-refractivity contribution in [3.63, 3.8) is 0 Å². The number of thiol groups is 1. The van der Waals surface area contributed by atoms with Crippen LogP contribution in [0.15, 0.2) is 42.9 Å². The van der Waals surface area contributed by atoms with Crippen LogP contribution in [0.3, 0.4) is 0 Å². The molecule has 1 aromatic carbocycles. The van der Waals surface area contributed by atoms with Gasteiger partial charge in [-0.15, -0.1) is 0 Å². The number of imidazole rings is 1. The first kappa shape index (κ1) is 108. The molecule has 11 atom stereocenters. The van der Waals surface area contributed by atoms with E-state index in [9.17, 15) is 103 Å². The normalized spacial score (nSPS) is 13.8. The molecule has 51 heteroatoms. The van der Waals surface area contributed by atoms with E-state index in [4.69, 9.17) is 44.9 Å². The van der Waals surface area contributed by atoms with Crippen LogP contribution in [0.25, 0.3) is 0 Å². The molecule has 0 radical (unpaired) electrons. The molecule has 0 saturated heterocycles. The minimum atomic E-state index is -5.27. The van der Waals surface area contributed by atoms with Gasteiger partial charge in [-0.3, -0.25) is 92.9 Å². The number of rotatable bonds is 59. The SMILES string of the molecule is CC(=O)N[C@@H](CCCCN)C(=O)NCC(=O)N[C@@H](CC(C)C)C(=O)N[C@@H](CCCNC(=N)N)C(=O)N[C@@H](CCCCNC(=O)C(F)(F)F)C(=O)N[C@@H](Cc1ccccc1)C(=O)NCC(=O)N[C@@H](C)C(=O)N[C@@H](CCCCNC(=O)C(F)(F)F)C(=O)N[C@@H](CCCNC(=N)N)C(=O)N[C@@H](Cc1cnc[nH]1)C(=O)N[C@@H](CCCNC(=N)N)C(=O)N[C@@H](CS)C(N)=O. The first-order valence-corrected chi connectivity index (χ1v) is 40.4. The van der Waals surface area contributed by atoms with Crippen LogP contribution in [-0.4, -0.2) is 259 Å². The summed E-state index contributed by atoms with van der Waals surface area (Å²) in [5.41, 5.74) is 28.0. The maximum atomic E-state index is 14.7. The van der Waals surface area contributed by atoms with Crippen LogP contribution < -0.4 is 124 Å². The van der Waals surface area contributed by atoms with E-state index in [1.54, 1.807) is 54.8 Å². The van der Waals surface area contributed by atoms with Gasteiger partial charge in [-0.25, -0.2) is 4.98 Å². The van der Waals surface area contributed by atoms with E-state index < -0.39 is 230 Å². The van der Waals surface area contributed by atoms with Gasteiger partial charge >= 0.3 is 24.2 Å². The molecule has 0 saturated carbocycles. The van der Waals surface area contributed by atoms with E-state index in [-0.39, 0.29) is 127 Å². The number of nitrogens with one attached hydrogen (secondary N) is 22. The third-order valence-corrected chi connectivity index (χ3v) is 18.4. The Hall–Kier alpha value is -12.3. The summed E-state index contributed by atoms with van der Waals surface area (Å²) in [5, 5.41) is 65.8. The molecular weight excluding hydrogens is 1670 g/mol. The van der Waals surface area contributed by atoms with Gasteiger partial charge in [0, 0.05) is 70.1 Å². The molecule has 0 spiro atoms. The lowest BCUT2D eigenvalue weighted by atomic mass is 10.0. The average molecular weight is 1790 g/mol. The van der Waals surface area contributed by atoms with Crippen molar-refractivity contribution >= 4 is 125 Å². The van der Waals surface area contributed by atoms with Crippen LogP contribution >= 0.6 is 12.6 Å². The van der Waals surface area contributed by atoms with Gasteiger partial charge in [-0.2, -0.15) is 39.0 Å². The highest BCUT2D eigenvalue weighted by molar-refractivity contribution is 7.80. The Morgan fingerprint density at radius 2 is 0.758 bits per heavy atom. The Labute approximate surface area is 716 Å². The molecule has 32 N–H and O–H groups in total. The van der Waals surface area contributed by atoms with Crippen molar-refractivity contribution in [1.29, 1.82) is 16.2 Å². The minimum Gasteiger partial charge on any atom is -0.370 e. The number of unbranched alkanes of at least 4 members (excludes halogenated alkanes) is 3. The molecule has 16 amide bonds. The summed E-state index contributed by atoms with van der Waals surface area (Å²) in [4.78, 5) is 224. The molecular formula is C73H118F6N28O16S. The summed E-state index contributed by atoms with van der Waals surface area (Å²) < 4.78 is 79.0. The van der Waals surface area contributed by atoms with Crippen LogP contribution in [0, 0.1) is 22.1 Å². The lowest BCUT2D eigenvalue weighted by molar-refractivity contribution is -0.173. The molecule has 2 rings (SSSR count). The van der Waals surface area contributed by atoms with E-state index in [0.29, 0.717) is 24.9 Å². The summed E-state index contributed by atoms with van der Waals surface area (Å²) in [6, 6.07) is -8.99. The first-order valence-electron chi connectivity index (χ1n) is 39.7. The molecule has 44 nitrogen and oxygen atoms in total. The third kappa shape index (κ3) is 45.5. The van der Waals surface area contributed by atoms with E-state index >= 15 is 0 Å². The molecule has 1 heterocycles. The van der Waals surface area contributed by atoms with Crippen molar-refractivity contribution in [2.45, 2.75) is 222 Å². The smallest absolute Gasteiger partial charge is 0.370 e. The van der Waals surface area contributed by atoms with Gasteiger partial charge in [0.05, 0.1) is 19.4 Å². The number of primary amides is 1. The number of carbonyl (C=O) groups excluding carboxylic acids is 16. The third-order valence-electron chi connectivity index (χ3n) is 18.0. The summed E-state index contributed by atoms with van der Waals surface area (Å²) >= 11 is 4.06. The zero-order valence-electron chi connectivity index (χ0n) is 69.1. The Bertz CT molecular complexity index is 3880. The van der Waals surface area contributed by atoms with E-state index in [1.165, 1.54) is 19.4 Å². The highest BCUT2D eigenvalue weighted by atomic mass is 32.1. The maximum absolute atomic E-state index is 14.7. The summed E-state index contributed by atoms with van der Waals surface area (Å²) in [5.74, 6) is -20.2. The van der Waals surface area contributed by atoms with Crippen LogP contribution in [0.5, 0.6) is 0 Å². The number of hydrogen-bond acceptors (Lipinski definition) is 22. The van der Waals surface area contributed by atoms with E-state index in [0.717, 1.165) is 6.92 Å². The van der Waals surface area contributed by atoms with Gasteiger partial charge in [0.1, 0.15) is 66.5 Å². The number of aromatic nitrogens is 2. The maximum Gasteiger partial charge on any atom is 0.471 e. The number of alkyl halides is 6. The molecule has 124 heavy (non-hydrogen) atoms. The molecule has 2 aromatic rings. The van der Waals surface area contributed by atoms with Crippen molar-refractivity contribution < 1.29 is 103 Å². The Morgan fingerprint density at radius 3 is 1.13 bits per heavy atom. The first-order chi connectivity index (χ1) is 58.3. The molecule has 0 aliphatic heterocycles. The Morgan fingerprint density at radius 1 is 0.411 bits per heavy atom. The number of hydrogen-bond donors (Lipinski definition) is 28. The second-order valence-corrected chi connectivity index (χ2v) is 29.4. The summed E-state index contributed by atoms with van der Waals surface area (Å²) in [7, 11) is 0. The Balaban J connectivity index is 2.62. The van der Waals surface area contributed by atoms with Crippen molar-refractivity contribution in [1.82, 2.24) is 106 Å². The fourth-order valence-corrected chi connectivity index (χ4v) is 11.9. The zero-order valence-corrected chi connectivity index (χ0v) is 70.0.